The van der Waals surface area contributed by atoms with Crippen molar-refractivity contribution >= 4 is 17.5 Å². The molecule has 0 aliphatic heterocycles. The number of aryl methyl sites for hydroxylation is 1. The van der Waals surface area contributed by atoms with E-state index in [1.165, 1.54) is 13.0 Å². The molecular formula is C14H14F3N3O3. The van der Waals surface area contributed by atoms with Gasteiger partial charge < -0.3 is 10.4 Å². The van der Waals surface area contributed by atoms with Gasteiger partial charge in [0.1, 0.15) is 11.3 Å². The van der Waals surface area contributed by atoms with Gasteiger partial charge in [0.2, 0.25) is 0 Å². The van der Waals surface area contributed by atoms with Crippen molar-refractivity contribution in [1.82, 2.24) is 14.7 Å². The summed E-state index contributed by atoms with van der Waals surface area (Å²) in [6, 6.07) is 2.09. The standard InChI is InChI=1S/C14H14F3N3O3/c1-8-12(13(23)18-6-2-3-11(21)22)20-7-9(14(15,16)17)4-5-10(20)19-8/h4-5,7H,2-3,6H2,1H3,(H,18,23)(H,21,22). The Labute approximate surface area is 128 Å². The topological polar surface area (TPSA) is 83.7 Å². The number of carbonyl (C=O) groups excluding carboxylic acids is 1. The molecule has 0 saturated heterocycles. The number of alkyl halides is 3. The molecule has 6 nitrogen and oxygen atoms in total. The number of imidazole rings is 1. The molecule has 0 spiro atoms. The molecule has 2 aromatic rings. The van der Waals surface area contributed by atoms with Crippen LogP contribution in [-0.2, 0) is 11.0 Å². The number of rotatable bonds is 5. The minimum atomic E-state index is -4.53. The molecule has 0 bridgehead atoms. The van der Waals surface area contributed by atoms with Crippen LogP contribution in [0.5, 0.6) is 0 Å². The summed E-state index contributed by atoms with van der Waals surface area (Å²) in [5.74, 6) is -1.58. The molecule has 9 heteroatoms. The summed E-state index contributed by atoms with van der Waals surface area (Å²) < 4.78 is 39.5. The van der Waals surface area contributed by atoms with Gasteiger partial charge in [0.25, 0.3) is 5.91 Å². The average Bonchev–Trinajstić information content (AvgIpc) is 2.77. The maximum Gasteiger partial charge on any atom is 0.417 e. The normalized spacial score (nSPS) is 11.7. The van der Waals surface area contributed by atoms with Crippen LogP contribution in [0.15, 0.2) is 18.3 Å². The van der Waals surface area contributed by atoms with Crippen LogP contribution in [-0.4, -0.2) is 32.9 Å². The second-order valence-electron chi connectivity index (χ2n) is 4.94. The van der Waals surface area contributed by atoms with E-state index >= 15 is 0 Å². The molecule has 0 saturated carbocycles. The molecule has 0 aromatic carbocycles. The molecule has 0 aliphatic carbocycles. The second-order valence-corrected chi connectivity index (χ2v) is 4.94. The van der Waals surface area contributed by atoms with Crippen LogP contribution in [0.2, 0.25) is 0 Å². The Balaban J connectivity index is 2.26. The van der Waals surface area contributed by atoms with Gasteiger partial charge in [0.05, 0.1) is 11.3 Å². The lowest BCUT2D eigenvalue weighted by atomic mass is 10.2. The number of hydrogen-bond acceptors (Lipinski definition) is 3. The minimum absolute atomic E-state index is 0.00132. The van der Waals surface area contributed by atoms with Gasteiger partial charge >= 0.3 is 12.1 Å². The summed E-state index contributed by atoms with van der Waals surface area (Å²) in [4.78, 5) is 26.6. The van der Waals surface area contributed by atoms with Crippen LogP contribution in [0.1, 0.15) is 34.6 Å². The average molecular weight is 329 g/mol. The number of hydrogen-bond donors (Lipinski definition) is 2. The monoisotopic (exact) mass is 329 g/mol. The van der Waals surface area contributed by atoms with E-state index in [1.54, 1.807) is 0 Å². The van der Waals surface area contributed by atoms with Crippen LogP contribution in [0.4, 0.5) is 13.2 Å². The number of nitrogens with one attached hydrogen (secondary N) is 1. The van der Waals surface area contributed by atoms with Gasteiger partial charge in [-0.05, 0) is 25.5 Å². The molecule has 0 aliphatic rings. The lowest BCUT2D eigenvalue weighted by Gasteiger charge is -2.09. The zero-order valence-electron chi connectivity index (χ0n) is 12.1. The van der Waals surface area contributed by atoms with Crippen molar-refractivity contribution in [2.45, 2.75) is 25.9 Å². The van der Waals surface area contributed by atoms with Crippen molar-refractivity contribution in [3.8, 4) is 0 Å². The molecule has 0 radical (unpaired) electrons. The number of pyridine rings is 1. The molecular weight excluding hydrogens is 315 g/mol. The number of carboxylic acids is 1. The summed E-state index contributed by atoms with van der Waals surface area (Å²) in [5.41, 5.74) is -0.366. The fourth-order valence-electron chi connectivity index (χ4n) is 2.13. The first-order chi connectivity index (χ1) is 10.7. The number of halogens is 3. The third-order valence-corrected chi connectivity index (χ3v) is 3.19. The van der Waals surface area contributed by atoms with Crippen molar-refractivity contribution in [3.05, 3.63) is 35.3 Å². The minimum Gasteiger partial charge on any atom is -0.481 e. The second kappa shape index (κ2) is 6.27. The molecule has 124 valence electrons. The predicted octanol–water partition coefficient (Wildman–Crippen LogP) is 2.26. The maximum atomic E-state index is 12.8. The molecule has 0 atom stereocenters. The Morgan fingerprint density at radius 1 is 1.35 bits per heavy atom. The highest BCUT2D eigenvalue weighted by atomic mass is 19.4. The van der Waals surface area contributed by atoms with E-state index in [-0.39, 0.29) is 30.7 Å². The molecule has 2 aromatic heterocycles. The van der Waals surface area contributed by atoms with E-state index in [0.29, 0.717) is 5.69 Å². The quantitative estimate of drug-likeness (QED) is 0.824. The fraction of sp³-hybridized carbons (Fsp3) is 0.357. The largest absolute Gasteiger partial charge is 0.481 e. The zero-order chi connectivity index (χ0) is 17.2. The first-order valence-electron chi connectivity index (χ1n) is 6.76. The van der Waals surface area contributed by atoms with Crippen molar-refractivity contribution in [2.75, 3.05) is 6.54 Å². The summed E-state index contributed by atoms with van der Waals surface area (Å²) >= 11 is 0. The molecule has 0 fully saturated rings. The van der Waals surface area contributed by atoms with Gasteiger partial charge in [0, 0.05) is 19.2 Å². The van der Waals surface area contributed by atoms with E-state index < -0.39 is 23.6 Å². The van der Waals surface area contributed by atoms with Crippen molar-refractivity contribution in [1.29, 1.82) is 0 Å². The third kappa shape index (κ3) is 3.79. The first kappa shape index (κ1) is 16.8. The summed E-state index contributed by atoms with van der Waals surface area (Å²) in [6.07, 6.45) is -3.58. The molecule has 0 unspecified atom stereocenters. The van der Waals surface area contributed by atoms with E-state index in [1.807, 2.05) is 0 Å². The number of amides is 1. The van der Waals surface area contributed by atoms with Gasteiger partial charge in [-0.3, -0.25) is 14.0 Å². The fourth-order valence-corrected chi connectivity index (χ4v) is 2.13. The number of carbonyl (C=O) groups is 2. The predicted molar refractivity (Wildman–Crippen MR) is 74.1 cm³/mol. The SMILES string of the molecule is Cc1nc2ccc(C(F)(F)F)cn2c1C(=O)NCCCC(=O)O. The van der Waals surface area contributed by atoms with E-state index in [9.17, 15) is 22.8 Å². The van der Waals surface area contributed by atoms with Gasteiger partial charge in [0.15, 0.2) is 0 Å². The van der Waals surface area contributed by atoms with Crippen LogP contribution < -0.4 is 5.32 Å². The summed E-state index contributed by atoms with van der Waals surface area (Å²) in [5, 5.41) is 11.0. The highest BCUT2D eigenvalue weighted by Crippen LogP contribution is 2.29. The lowest BCUT2D eigenvalue weighted by molar-refractivity contribution is -0.138. The van der Waals surface area contributed by atoms with Crippen molar-refractivity contribution in [3.63, 3.8) is 0 Å². The Kier molecular flexibility index (Phi) is 4.57. The molecule has 2 heterocycles. The Bertz CT molecular complexity index is 753. The smallest absolute Gasteiger partial charge is 0.417 e. The number of nitrogens with zero attached hydrogens (tertiary/aromatic N) is 2. The van der Waals surface area contributed by atoms with E-state index in [2.05, 4.69) is 10.3 Å². The van der Waals surface area contributed by atoms with Crippen molar-refractivity contribution < 1.29 is 27.9 Å². The van der Waals surface area contributed by atoms with Gasteiger partial charge in [-0.15, -0.1) is 0 Å². The van der Waals surface area contributed by atoms with Crippen LogP contribution in [0.3, 0.4) is 0 Å². The van der Waals surface area contributed by atoms with Crippen molar-refractivity contribution in [2.24, 2.45) is 0 Å². The number of aliphatic carboxylic acids is 1. The Morgan fingerprint density at radius 2 is 2.04 bits per heavy atom. The Hall–Kier alpha value is -2.58. The summed E-state index contributed by atoms with van der Waals surface area (Å²) in [7, 11) is 0. The van der Waals surface area contributed by atoms with Crippen LogP contribution in [0, 0.1) is 6.92 Å². The molecule has 1 amide bonds. The van der Waals surface area contributed by atoms with Gasteiger partial charge in [-0.25, -0.2) is 4.98 Å². The number of aromatic nitrogens is 2. The van der Waals surface area contributed by atoms with Crippen LogP contribution in [0.25, 0.3) is 5.65 Å². The molecule has 23 heavy (non-hydrogen) atoms. The third-order valence-electron chi connectivity index (χ3n) is 3.19. The first-order valence-corrected chi connectivity index (χ1v) is 6.76. The number of carboxylic acid groups (broad SMARTS) is 1. The molecule has 2 rings (SSSR count). The highest BCUT2D eigenvalue weighted by molar-refractivity contribution is 5.94. The lowest BCUT2D eigenvalue weighted by Crippen LogP contribution is -2.27. The molecule has 2 N–H and O–H groups in total. The van der Waals surface area contributed by atoms with E-state index in [4.69, 9.17) is 5.11 Å². The maximum absolute atomic E-state index is 12.8. The van der Waals surface area contributed by atoms with E-state index in [0.717, 1.165) is 16.7 Å². The zero-order valence-corrected chi connectivity index (χ0v) is 12.1. The summed E-state index contributed by atoms with van der Waals surface area (Å²) in [6.45, 7) is 1.63. The number of fused-ring (bicyclic) bond motifs is 1. The van der Waals surface area contributed by atoms with Gasteiger partial charge in [-0.2, -0.15) is 13.2 Å². The Morgan fingerprint density at radius 3 is 2.65 bits per heavy atom. The van der Waals surface area contributed by atoms with Crippen LogP contribution >= 0.6 is 0 Å². The highest BCUT2D eigenvalue weighted by Gasteiger charge is 2.31. The van der Waals surface area contributed by atoms with Gasteiger partial charge in [-0.1, -0.05) is 0 Å².